The SMILES string of the molecule is CS(=O)(=O)O[C@H](COC(=O)CCl)[C@H](NC(=O)OCc1ccccc1)C(N)=O. The smallest absolute Gasteiger partial charge is 0.408 e. The number of carbonyl (C=O) groups excluding carboxylic acids is 3. The van der Waals surface area contributed by atoms with Crippen LogP contribution in [0.15, 0.2) is 30.3 Å². The molecule has 27 heavy (non-hydrogen) atoms. The number of ether oxygens (including phenoxy) is 2. The number of carbonyl (C=O) groups is 3. The van der Waals surface area contributed by atoms with Gasteiger partial charge in [0.15, 0.2) is 0 Å². The number of hydrogen-bond acceptors (Lipinski definition) is 8. The lowest BCUT2D eigenvalue weighted by Gasteiger charge is -2.24. The van der Waals surface area contributed by atoms with Crippen LogP contribution in [-0.2, 0) is 40.0 Å². The van der Waals surface area contributed by atoms with Crippen molar-refractivity contribution in [1.29, 1.82) is 0 Å². The lowest BCUT2D eigenvalue weighted by molar-refractivity contribution is -0.144. The van der Waals surface area contributed by atoms with Gasteiger partial charge in [-0.25, -0.2) is 4.79 Å². The highest BCUT2D eigenvalue weighted by Crippen LogP contribution is 2.07. The summed E-state index contributed by atoms with van der Waals surface area (Å²) in [6, 6.07) is 7.03. The number of hydrogen-bond donors (Lipinski definition) is 2. The van der Waals surface area contributed by atoms with E-state index in [-0.39, 0.29) is 6.61 Å². The average molecular weight is 423 g/mol. The zero-order chi connectivity index (χ0) is 20.4. The summed E-state index contributed by atoms with van der Waals surface area (Å²) in [6.45, 7) is -0.789. The van der Waals surface area contributed by atoms with Crippen molar-refractivity contribution in [2.75, 3.05) is 18.7 Å². The van der Waals surface area contributed by atoms with Crippen LogP contribution < -0.4 is 11.1 Å². The minimum Gasteiger partial charge on any atom is -0.462 e. The summed E-state index contributed by atoms with van der Waals surface area (Å²) in [5, 5.41) is 2.10. The summed E-state index contributed by atoms with van der Waals surface area (Å²) in [4.78, 5) is 34.8. The van der Waals surface area contributed by atoms with Crippen LogP contribution in [0.25, 0.3) is 0 Å². The molecular formula is C15H19ClN2O8S. The van der Waals surface area contributed by atoms with E-state index in [9.17, 15) is 22.8 Å². The van der Waals surface area contributed by atoms with E-state index in [2.05, 4.69) is 10.1 Å². The lowest BCUT2D eigenvalue weighted by atomic mass is 10.1. The van der Waals surface area contributed by atoms with Crippen LogP contribution in [-0.4, -0.2) is 57.3 Å². The molecule has 12 heteroatoms. The number of esters is 1. The van der Waals surface area contributed by atoms with E-state index in [1.807, 2.05) is 0 Å². The highest BCUT2D eigenvalue weighted by Gasteiger charge is 2.33. The molecule has 0 spiro atoms. The standard InChI is InChI=1S/C15H19ClN2O8S/c1-27(22,23)26-11(9-24-12(19)7-16)13(14(17)20)18-15(21)25-8-10-5-3-2-4-6-10/h2-6,11,13H,7-9H2,1H3,(H2,17,20)(H,18,21)/t11-,13+/m1/s1. The highest BCUT2D eigenvalue weighted by molar-refractivity contribution is 7.86. The third kappa shape index (κ3) is 9.22. The molecule has 2 amide bonds. The van der Waals surface area contributed by atoms with E-state index in [1.165, 1.54) is 0 Å². The first-order chi connectivity index (χ1) is 12.6. The third-order valence-corrected chi connectivity index (χ3v) is 3.80. The van der Waals surface area contributed by atoms with Gasteiger partial charge in [-0.15, -0.1) is 11.6 Å². The zero-order valence-corrected chi connectivity index (χ0v) is 15.9. The number of alkyl halides is 1. The zero-order valence-electron chi connectivity index (χ0n) is 14.3. The number of amides is 2. The van der Waals surface area contributed by atoms with Crippen LogP contribution in [0.5, 0.6) is 0 Å². The summed E-state index contributed by atoms with van der Waals surface area (Å²) in [5.41, 5.74) is 5.88. The van der Waals surface area contributed by atoms with E-state index < -0.39 is 52.7 Å². The van der Waals surface area contributed by atoms with Gasteiger partial charge in [0.1, 0.15) is 31.2 Å². The highest BCUT2D eigenvalue weighted by atomic mass is 35.5. The summed E-state index contributed by atoms with van der Waals surface area (Å²) < 4.78 is 37.1. The van der Waals surface area contributed by atoms with Gasteiger partial charge in [0, 0.05) is 0 Å². The van der Waals surface area contributed by atoms with E-state index in [0.29, 0.717) is 5.56 Å². The van der Waals surface area contributed by atoms with E-state index in [0.717, 1.165) is 6.26 Å². The fourth-order valence-corrected chi connectivity index (χ4v) is 2.55. The molecule has 0 aliphatic heterocycles. The number of halogens is 1. The topological polar surface area (TPSA) is 151 Å². The van der Waals surface area contributed by atoms with E-state index in [4.69, 9.17) is 26.3 Å². The van der Waals surface area contributed by atoms with Crippen molar-refractivity contribution in [1.82, 2.24) is 5.32 Å². The Morgan fingerprint density at radius 1 is 1.19 bits per heavy atom. The van der Waals surface area contributed by atoms with Gasteiger partial charge in [0.05, 0.1) is 6.26 Å². The average Bonchev–Trinajstić information content (AvgIpc) is 2.61. The molecular weight excluding hydrogens is 404 g/mol. The van der Waals surface area contributed by atoms with Crippen molar-refractivity contribution < 1.29 is 36.5 Å². The van der Waals surface area contributed by atoms with Crippen LogP contribution >= 0.6 is 11.6 Å². The number of benzene rings is 1. The van der Waals surface area contributed by atoms with Crippen LogP contribution in [0.1, 0.15) is 5.56 Å². The third-order valence-electron chi connectivity index (χ3n) is 2.98. The van der Waals surface area contributed by atoms with Gasteiger partial charge in [-0.1, -0.05) is 30.3 Å². The van der Waals surface area contributed by atoms with Crippen molar-refractivity contribution in [3.63, 3.8) is 0 Å². The number of nitrogens with one attached hydrogen (secondary N) is 1. The van der Waals surface area contributed by atoms with Gasteiger partial charge >= 0.3 is 12.1 Å². The van der Waals surface area contributed by atoms with Gasteiger partial charge in [-0.3, -0.25) is 13.8 Å². The number of rotatable bonds is 10. The molecule has 2 atom stereocenters. The monoisotopic (exact) mass is 422 g/mol. The molecule has 0 unspecified atom stereocenters. The quantitative estimate of drug-likeness (QED) is 0.301. The van der Waals surface area contributed by atoms with Crippen molar-refractivity contribution >= 4 is 39.7 Å². The molecule has 0 aliphatic rings. The molecule has 1 rings (SSSR count). The first kappa shape index (κ1) is 22.7. The normalized spacial score (nSPS) is 13.3. The lowest BCUT2D eigenvalue weighted by Crippen LogP contribution is -2.54. The largest absolute Gasteiger partial charge is 0.462 e. The Morgan fingerprint density at radius 2 is 1.81 bits per heavy atom. The van der Waals surface area contributed by atoms with Crippen molar-refractivity contribution in [2.45, 2.75) is 18.8 Å². The molecule has 0 saturated carbocycles. The number of nitrogens with two attached hydrogens (primary N) is 1. The van der Waals surface area contributed by atoms with Gasteiger partial charge < -0.3 is 20.5 Å². The minimum atomic E-state index is -4.07. The van der Waals surface area contributed by atoms with Crippen LogP contribution in [0.3, 0.4) is 0 Å². The summed E-state index contributed by atoms with van der Waals surface area (Å²) in [5.74, 6) is -2.50. The molecule has 0 aromatic heterocycles. The second kappa shape index (κ2) is 10.7. The molecule has 0 saturated heterocycles. The summed E-state index contributed by atoms with van der Waals surface area (Å²) in [6.07, 6.45) is -1.93. The minimum absolute atomic E-state index is 0.100. The molecule has 3 N–H and O–H groups in total. The van der Waals surface area contributed by atoms with Crippen LogP contribution in [0.2, 0.25) is 0 Å². The molecule has 0 fully saturated rings. The van der Waals surface area contributed by atoms with Gasteiger partial charge in [0.25, 0.3) is 10.1 Å². The van der Waals surface area contributed by atoms with Crippen LogP contribution in [0.4, 0.5) is 4.79 Å². The first-order valence-corrected chi connectivity index (χ1v) is 9.84. The molecule has 0 bridgehead atoms. The molecule has 10 nitrogen and oxygen atoms in total. The second-order valence-electron chi connectivity index (χ2n) is 5.24. The fraction of sp³-hybridized carbons (Fsp3) is 0.400. The van der Waals surface area contributed by atoms with Gasteiger partial charge in [0.2, 0.25) is 5.91 Å². The maximum atomic E-state index is 11.9. The number of alkyl carbamates (subject to hydrolysis) is 1. The van der Waals surface area contributed by atoms with Crippen molar-refractivity contribution in [2.24, 2.45) is 5.73 Å². The van der Waals surface area contributed by atoms with Gasteiger partial charge in [-0.2, -0.15) is 8.42 Å². The molecule has 0 aliphatic carbocycles. The Hall–Kier alpha value is -2.37. The van der Waals surface area contributed by atoms with E-state index in [1.54, 1.807) is 30.3 Å². The van der Waals surface area contributed by atoms with Crippen molar-refractivity contribution in [3.05, 3.63) is 35.9 Å². The Labute approximate surface area is 161 Å². The molecule has 150 valence electrons. The van der Waals surface area contributed by atoms with Gasteiger partial charge in [-0.05, 0) is 5.56 Å². The number of primary amides is 1. The fourth-order valence-electron chi connectivity index (χ4n) is 1.86. The Morgan fingerprint density at radius 3 is 2.33 bits per heavy atom. The van der Waals surface area contributed by atoms with Crippen LogP contribution in [0, 0.1) is 0 Å². The Kier molecular flexibility index (Phi) is 8.98. The Bertz CT molecular complexity index is 756. The Balaban J connectivity index is 2.80. The predicted molar refractivity (Wildman–Crippen MR) is 94.1 cm³/mol. The molecule has 0 radical (unpaired) electrons. The van der Waals surface area contributed by atoms with Crippen molar-refractivity contribution in [3.8, 4) is 0 Å². The van der Waals surface area contributed by atoms with E-state index >= 15 is 0 Å². The molecule has 1 aromatic carbocycles. The predicted octanol–water partition coefficient (Wildman–Crippen LogP) is -0.107. The maximum Gasteiger partial charge on any atom is 0.408 e. The first-order valence-electron chi connectivity index (χ1n) is 7.48. The summed E-state index contributed by atoms with van der Waals surface area (Å²) >= 11 is 5.28. The second-order valence-corrected chi connectivity index (χ2v) is 7.11. The summed E-state index contributed by atoms with van der Waals surface area (Å²) in [7, 11) is -4.07. The molecule has 0 heterocycles. The maximum absolute atomic E-state index is 11.9. The molecule has 1 aromatic rings.